The van der Waals surface area contributed by atoms with Crippen LogP contribution >= 0.6 is 0 Å². The Labute approximate surface area is 90.5 Å². The fourth-order valence-corrected chi connectivity index (χ4v) is 2.17. The highest BCUT2D eigenvalue weighted by atomic mass is 32.2. The third kappa shape index (κ3) is 3.17. The number of piperidine rings is 1. The van der Waals surface area contributed by atoms with Crippen LogP contribution in [0.25, 0.3) is 0 Å². The van der Waals surface area contributed by atoms with E-state index < -0.39 is 15.1 Å². The van der Waals surface area contributed by atoms with Crippen LogP contribution in [0.2, 0.25) is 0 Å². The average Bonchev–Trinajstić information content (AvgIpc) is 2.14. The quantitative estimate of drug-likeness (QED) is 0.690. The first-order valence-corrected chi connectivity index (χ1v) is 7.01. The van der Waals surface area contributed by atoms with Gasteiger partial charge in [0.25, 0.3) is 0 Å². The van der Waals surface area contributed by atoms with Crippen molar-refractivity contribution >= 4 is 15.7 Å². The van der Waals surface area contributed by atoms with E-state index >= 15 is 0 Å². The van der Waals surface area contributed by atoms with E-state index in [9.17, 15) is 13.2 Å². The number of hydrogen-bond acceptors (Lipinski definition) is 4. The van der Waals surface area contributed by atoms with Crippen molar-refractivity contribution in [2.24, 2.45) is 5.73 Å². The number of carbonyl (C=O) groups is 1. The van der Waals surface area contributed by atoms with Crippen molar-refractivity contribution in [1.29, 1.82) is 0 Å². The Balaban J connectivity index is 2.68. The molecule has 5 nitrogen and oxygen atoms in total. The van der Waals surface area contributed by atoms with Crippen LogP contribution < -0.4 is 5.73 Å². The van der Waals surface area contributed by atoms with Crippen LogP contribution in [0, 0.1) is 0 Å². The summed E-state index contributed by atoms with van der Waals surface area (Å²) in [5, 5.41) is -0.956. The van der Waals surface area contributed by atoms with Gasteiger partial charge in [0.2, 0.25) is 5.91 Å². The van der Waals surface area contributed by atoms with Crippen molar-refractivity contribution in [2.75, 3.05) is 19.3 Å². The molecule has 1 rings (SSSR count). The summed E-state index contributed by atoms with van der Waals surface area (Å²) in [5.41, 5.74) is 5.73. The van der Waals surface area contributed by atoms with E-state index in [1.807, 2.05) is 0 Å². The third-order valence-electron chi connectivity index (χ3n) is 2.76. The van der Waals surface area contributed by atoms with Gasteiger partial charge in [0.1, 0.15) is 5.25 Å². The van der Waals surface area contributed by atoms with Gasteiger partial charge in [-0.05, 0) is 19.8 Å². The lowest BCUT2D eigenvalue weighted by atomic mass is 10.1. The van der Waals surface area contributed by atoms with Crippen LogP contribution in [0.3, 0.4) is 0 Å². The Kier molecular flexibility index (Phi) is 3.72. The first kappa shape index (κ1) is 12.4. The highest BCUT2D eigenvalue weighted by Gasteiger charge is 2.30. The monoisotopic (exact) mass is 234 g/mol. The molecule has 88 valence electrons. The van der Waals surface area contributed by atoms with Crippen molar-refractivity contribution in [3.05, 3.63) is 0 Å². The minimum Gasteiger partial charge on any atom is -0.340 e. The summed E-state index contributed by atoms with van der Waals surface area (Å²) in [6.07, 6.45) is 2.83. The number of nitrogens with two attached hydrogens (primary N) is 1. The minimum absolute atomic E-state index is 0.0190. The van der Waals surface area contributed by atoms with Gasteiger partial charge >= 0.3 is 0 Å². The molecule has 15 heavy (non-hydrogen) atoms. The number of sulfone groups is 1. The maximum Gasteiger partial charge on any atom is 0.240 e. The fraction of sp³-hybridized carbons (Fsp3) is 0.889. The second-order valence-corrected chi connectivity index (χ2v) is 6.52. The van der Waals surface area contributed by atoms with Gasteiger partial charge in [-0.15, -0.1) is 0 Å². The highest BCUT2D eigenvalue weighted by molar-refractivity contribution is 7.92. The molecule has 0 saturated carbocycles. The lowest BCUT2D eigenvalue weighted by molar-refractivity contribution is -0.131. The topological polar surface area (TPSA) is 80.5 Å². The molecule has 0 aliphatic carbocycles. The van der Waals surface area contributed by atoms with E-state index in [2.05, 4.69) is 0 Å². The van der Waals surface area contributed by atoms with Gasteiger partial charge in [-0.1, -0.05) is 0 Å². The molecule has 0 radical (unpaired) electrons. The first-order valence-electron chi connectivity index (χ1n) is 5.05. The number of carbonyl (C=O) groups excluding carboxylic acids is 1. The van der Waals surface area contributed by atoms with Gasteiger partial charge < -0.3 is 10.6 Å². The highest BCUT2D eigenvalue weighted by Crippen LogP contribution is 2.12. The molecule has 0 aromatic carbocycles. The van der Waals surface area contributed by atoms with E-state index in [4.69, 9.17) is 5.73 Å². The molecule has 1 heterocycles. The number of likely N-dealkylation sites (tertiary alicyclic amines) is 1. The van der Waals surface area contributed by atoms with Gasteiger partial charge in [0.05, 0.1) is 0 Å². The van der Waals surface area contributed by atoms with Crippen molar-refractivity contribution < 1.29 is 13.2 Å². The normalized spacial score (nSPS) is 25.0. The van der Waals surface area contributed by atoms with Gasteiger partial charge in [-0.3, -0.25) is 4.79 Å². The summed E-state index contributed by atoms with van der Waals surface area (Å²) in [6.45, 7) is 2.52. The van der Waals surface area contributed by atoms with Crippen molar-refractivity contribution in [3.63, 3.8) is 0 Å². The van der Waals surface area contributed by atoms with Crippen LogP contribution in [0.5, 0.6) is 0 Å². The molecule has 0 aromatic rings. The van der Waals surface area contributed by atoms with E-state index in [0.29, 0.717) is 13.1 Å². The Bertz CT molecular complexity index is 339. The maximum absolute atomic E-state index is 11.8. The molecule has 1 saturated heterocycles. The summed E-state index contributed by atoms with van der Waals surface area (Å²) < 4.78 is 22.4. The molecule has 0 spiro atoms. The summed E-state index contributed by atoms with van der Waals surface area (Å²) >= 11 is 0. The van der Waals surface area contributed by atoms with Crippen molar-refractivity contribution in [3.8, 4) is 0 Å². The van der Waals surface area contributed by atoms with Crippen LogP contribution in [0.4, 0.5) is 0 Å². The molecule has 1 fully saturated rings. The van der Waals surface area contributed by atoms with Crippen molar-refractivity contribution in [1.82, 2.24) is 4.90 Å². The largest absolute Gasteiger partial charge is 0.340 e. The standard InChI is InChI=1S/C9H18N2O3S/c1-7(15(2,13)14)9(12)11-5-3-4-8(10)6-11/h7-8H,3-6,10H2,1-2H3/t7?,8-/m1/s1. The summed E-state index contributed by atoms with van der Waals surface area (Å²) in [5.74, 6) is -0.326. The Morgan fingerprint density at radius 1 is 1.53 bits per heavy atom. The van der Waals surface area contributed by atoms with Gasteiger partial charge in [0, 0.05) is 25.4 Å². The molecule has 1 unspecified atom stereocenters. The predicted molar refractivity (Wildman–Crippen MR) is 58.1 cm³/mol. The van der Waals surface area contributed by atoms with Crippen LogP contribution in [-0.2, 0) is 14.6 Å². The van der Waals surface area contributed by atoms with E-state index in [1.165, 1.54) is 6.92 Å². The molecule has 0 bridgehead atoms. The number of hydrogen-bond donors (Lipinski definition) is 1. The zero-order valence-corrected chi connectivity index (χ0v) is 9.96. The molecule has 1 aliphatic heterocycles. The maximum atomic E-state index is 11.8. The molecular weight excluding hydrogens is 216 g/mol. The molecule has 1 aliphatic rings. The smallest absolute Gasteiger partial charge is 0.240 e. The van der Waals surface area contributed by atoms with E-state index in [0.717, 1.165) is 19.1 Å². The number of amides is 1. The van der Waals surface area contributed by atoms with E-state index in [1.54, 1.807) is 4.90 Å². The Hall–Kier alpha value is -0.620. The zero-order chi connectivity index (χ0) is 11.6. The summed E-state index contributed by atoms with van der Waals surface area (Å²) in [7, 11) is -3.30. The molecule has 6 heteroatoms. The summed E-state index contributed by atoms with van der Waals surface area (Å²) in [4.78, 5) is 13.3. The number of rotatable bonds is 2. The zero-order valence-electron chi connectivity index (χ0n) is 9.14. The second kappa shape index (κ2) is 4.49. The van der Waals surface area contributed by atoms with Crippen molar-refractivity contribution in [2.45, 2.75) is 31.1 Å². The molecular formula is C9H18N2O3S. The Morgan fingerprint density at radius 2 is 2.13 bits per heavy atom. The predicted octanol–water partition coefficient (Wildman–Crippen LogP) is -0.631. The van der Waals surface area contributed by atoms with Crippen LogP contribution in [0.15, 0.2) is 0 Å². The van der Waals surface area contributed by atoms with Gasteiger partial charge in [-0.2, -0.15) is 0 Å². The lowest BCUT2D eigenvalue weighted by Crippen LogP contribution is -2.49. The first-order chi connectivity index (χ1) is 6.82. The molecule has 2 atom stereocenters. The molecule has 2 N–H and O–H groups in total. The van der Waals surface area contributed by atoms with Gasteiger partial charge in [-0.25, -0.2) is 8.42 Å². The SMILES string of the molecule is CC(C(=O)N1CCC[C@@H](N)C1)S(C)(=O)=O. The fourth-order valence-electron chi connectivity index (χ4n) is 1.65. The molecule has 1 amide bonds. The Morgan fingerprint density at radius 3 is 2.60 bits per heavy atom. The third-order valence-corrected chi connectivity index (χ3v) is 4.25. The van der Waals surface area contributed by atoms with Gasteiger partial charge in [0.15, 0.2) is 9.84 Å². The number of nitrogens with zero attached hydrogens (tertiary/aromatic N) is 1. The second-order valence-electron chi connectivity index (χ2n) is 4.16. The summed E-state index contributed by atoms with van der Waals surface area (Å²) in [6, 6.07) is -0.0190. The average molecular weight is 234 g/mol. The lowest BCUT2D eigenvalue weighted by Gasteiger charge is -2.32. The van der Waals surface area contributed by atoms with Crippen LogP contribution in [-0.4, -0.2) is 49.9 Å². The minimum atomic E-state index is -3.30. The van der Waals surface area contributed by atoms with Crippen LogP contribution in [0.1, 0.15) is 19.8 Å². The van der Waals surface area contributed by atoms with E-state index in [-0.39, 0.29) is 11.9 Å². The molecule has 0 aromatic heterocycles.